The van der Waals surface area contributed by atoms with E-state index in [1.54, 1.807) is 24.4 Å². The quantitative estimate of drug-likeness (QED) is 0.388. The molecule has 2 aromatic carbocycles. The Kier molecular flexibility index (Phi) is 8.24. The zero-order chi connectivity index (χ0) is 22.9. The number of hydrogen-bond donors (Lipinski definition) is 4. The number of fused-ring (bicyclic) bond motifs is 1. The van der Waals surface area contributed by atoms with Gasteiger partial charge in [-0.15, -0.1) is 0 Å². The second-order valence-electron chi connectivity index (χ2n) is 7.66. The minimum absolute atomic E-state index is 0.326. The molecule has 8 heteroatoms. The largest absolute Gasteiger partial charge is 0.343 e. The van der Waals surface area contributed by atoms with Crippen molar-refractivity contribution >= 4 is 28.4 Å². The van der Waals surface area contributed by atoms with Crippen LogP contribution in [0.15, 0.2) is 60.8 Å². The van der Waals surface area contributed by atoms with Crippen LogP contribution in [-0.2, 0) is 16.0 Å². The zero-order valence-electron chi connectivity index (χ0n) is 17.8. The predicted octanol–water partition coefficient (Wildman–Crippen LogP) is 2.50. The van der Waals surface area contributed by atoms with Crippen molar-refractivity contribution in [2.24, 2.45) is 11.5 Å². The summed E-state index contributed by atoms with van der Waals surface area (Å²) in [6.07, 6.45) is 3.58. The lowest BCUT2D eigenvalue weighted by molar-refractivity contribution is -0.127. The summed E-state index contributed by atoms with van der Waals surface area (Å²) in [5, 5.41) is 6.52. The minimum Gasteiger partial charge on any atom is -0.343 e. The summed E-state index contributed by atoms with van der Waals surface area (Å²) in [4.78, 5) is 29.8. The number of nitrogens with one attached hydrogen (secondary N) is 2. The number of aromatic nitrogens is 1. The number of halogens is 1. The maximum Gasteiger partial charge on any atom is 0.246 e. The standard InChI is InChI=1S/C24H28FN5O2/c25-18-8-5-16(6-9-18)7-11-22(30-23(31)20(27)4-1-13-26)24(32)29-19-10-12-21-17(15-19)3-2-14-28-21/h2-3,5-6,8-10,12,14-15,20,22H,1,4,7,11,13,26-27H2,(H,29,32)(H,30,31)/t20-,22+/m0/s1. The van der Waals surface area contributed by atoms with Gasteiger partial charge in [0.2, 0.25) is 11.8 Å². The summed E-state index contributed by atoms with van der Waals surface area (Å²) in [6.45, 7) is 0.437. The number of hydrogen-bond acceptors (Lipinski definition) is 5. The number of nitrogens with zero attached hydrogens (tertiary/aromatic N) is 1. The zero-order valence-corrected chi connectivity index (χ0v) is 17.8. The van der Waals surface area contributed by atoms with Gasteiger partial charge in [-0.1, -0.05) is 18.2 Å². The van der Waals surface area contributed by atoms with E-state index in [9.17, 15) is 14.0 Å². The molecule has 0 aliphatic heterocycles. The van der Waals surface area contributed by atoms with Crippen molar-refractivity contribution in [3.8, 4) is 0 Å². The van der Waals surface area contributed by atoms with Crippen molar-refractivity contribution in [1.82, 2.24) is 10.3 Å². The summed E-state index contributed by atoms with van der Waals surface area (Å²) >= 11 is 0. The van der Waals surface area contributed by atoms with Crippen LogP contribution in [0.4, 0.5) is 10.1 Å². The molecule has 0 bridgehead atoms. The van der Waals surface area contributed by atoms with E-state index in [-0.39, 0.29) is 11.7 Å². The normalized spacial score (nSPS) is 12.8. The van der Waals surface area contributed by atoms with Gasteiger partial charge in [-0.2, -0.15) is 0 Å². The molecular weight excluding hydrogens is 409 g/mol. The molecule has 7 nitrogen and oxygen atoms in total. The van der Waals surface area contributed by atoms with E-state index in [0.717, 1.165) is 16.5 Å². The highest BCUT2D eigenvalue weighted by molar-refractivity contribution is 5.99. The summed E-state index contributed by atoms with van der Waals surface area (Å²) in [6, 6.07) is 13.6. The monoisotopic (exact) mass is 437 g/mol. The molecule has 2 amide bonds. The van der Waals surface area contributed by atoms with Gasteiger partial charge in [0.15, 0.2) is 0 Å². The molecule has 3 aromatic rings. The van der Waals surface area contributed by atoms with Crippen LogP contribution in [0, 0.1) is 5.82 Å². The van der Waals surface area contributed by atoms with Gasteiger partial charge >= 0.3 is 0 Å². The summed E-state index contributed by atoms with van der Waals surface area (Å²) in [5.41, 5.74) is 13.7. The maximum absolute atomic E-state index is 13.2. The van der Waals surface area contributed by atoms with Gasteiger partial charge in [-0.05, 0) is 74.2 Å². The number of amides is 2. The molecule has 0 fully saturated rings. The molecule has 0 unspecified atom stereocenters. The van der Waals surface area contributed by atoms with Crippen molar-refractivity contribution in [3.05, 3.63) is 72.2 Å². The molecular formula is C24H28FN5O2. The fourth-order valence-corrected chi connectivity index (χ4v) is 3.36. The van der Waals surface area contributed by atoms with Gasteiger partial charge in [0.1, 0.15) is 11.9 Å². The van der Waals surface area contributed by atoms with Crippen LogP contribution < -0.4 is 22.1 Å². The Morgan fingerprint density at radius 2 is 1.81 bits per heavy atom. The van der Waals surface area contributed by atoms with Crippen molar-refractivity contribution < 1.29 is 14.0 Å². The number of benzene rings is 2. The fraction of sp³-hybridized carbons (Fsp3) is 0.292. The van der Waals surface area contributed by atoms with Crippen molar-refractivity contribution in [2.45, 2.75) is 37.8 Å². The lowest BCUT2D eigenvalue weighted by Gasteiger charge is -2.21. The van der Waals surface area contributed by atoms with Crippen molar-refractivity contribution in [2.75, 3.05) is 11.9 Å². The SMILES string of the molecule is NCCC[C@H](N)C(=O)N[C@H](CCc1ccc(F)cc1)C(=O)Nc1ccc2ncccc2c1. The van der Waals surface area contributed by atoms with Crippen molar-refractivity contribution in [1.29, 1.82) is 0 Å². The molecule has 0 saturated heterocycles. The van der Waals surface area contributed by atoms with Gasteiger partial charge in [0, 0.05) is 17.3 Å². The number of carbonyl (C=O) groups is 2. The molecule has 6 N–H and O–H groups in total. The Bertz CT molecular complexity index is 1060. The van der Waals surface area contributed by atoms with E-state index >= 15 is 0 Å². The second-order valence-corrected chi connectivity index (χ2v) is 7.66. The summed E-state index contributed by atoms with van der Waals surface area (Å²) < 4.78 is 13.2. The first kappa shape index (κ1) is 23.3. The van der Waals surface area contributed by atoms with E-state index < -0.39 is 18.0 Å². The molecule has 1 aromatic heterocycles. The fourth-order valence-electron chi connectivity index (χ4n) is 3.36. The van der Waals surface area contributed by atoms with E-state index in [1.807, 2.05) is 24.3 Å². The van der Waals surface area contributed by atoms with Crippen LogP contribution in [0.3, 0.4) is 0 Å². The maximum atomic E-state index is 13.2. The first-order valence-electron chi connectivity index (χ1n) is 10.6. The Morgan fingerprint density at radius 1 is 1.03 bits per heavy atom. The Morgan fingerprint density at radius 3 is 2.56 bits per heavy atom. The van der Waals surface area contributed by atoms with E-state index in [4.69, 9.17) is 11.5 Å². The molecule has 0 aliphatic rings. The van der Waals surface area contributed by atoms with Gasteiger partial charge in [-0.25, -0.2) is 4.39 Å². The number of aryl methyl sites for hydroxylation is 1. The highest BCUT2D eigenvalue weighted by atomic mass is 19.1. The molecule has 32 heavy (non-hydrogen) atoms. The third kappa shape index (κ3) is 6.57. The van der Waals surface area contributed by atoms with Gasteiger partial charge in [0.25, 0.3) is 0 Å². The first-order valence-corrected chi connectivity index (χ1v) is 10.6. The van der Waals surface area contributed by atoms with Crippen LogP contribution in [0.5, 0.6) is 0 Å². The van der Waals surface area contributed by atoms with Crippen LogP contribution in [-0.4, -0.2) is 35.4 Å². The molecule has 0 spiro atoms. The van der Waals surface area contributed by atoms with E-state index in [1.165, 1.54) is 12.1 Å². The molecule has 3 rings (SSSR count). The Hall–Kier alpha value is -3.36. The number of nitrogens with two attached hydrogens (primary N) is 2. The highest BCUT2D eigenvalue weighted by Crippen LogP contribution is 2.18. The lowest BCUT2D eigenvalue weighted by Crippen LogP contribution is -2.50. The number of carbonyl (C=O) groups excluding carboxylic acids is 2. The Labute approximate surface area is 186 Å². The average Bonchev–Trinajstić information content (AvgIpc) is 2.80. The number of anilines is 1. The van der Waals surface area contributed by atoms with Crippen LogP contribution in [0.25, 0.3) is 10.9 Å². The smallest absolute Gasteiger partial charge is 0.246 e. The number of pyridine rings is 1. The third-order valence-electron chi connectivity index (χ3n) is 5.19. The van der Waals surface area contributed by atoms with E-state index in [2.05, 4.69) is 15.6 Å². The molecule has 1 heterocycles. The second kappa shape index (κ2) is 11.3. The highest BCUT2D eigenvalue weighted by Gasteiger charge is 2.24. The topological polar surface area (TPSA) is 123 Å². The molecule has 0 radical (unpaired) electrons. The predicted molar refractivity (Wildman–Crippen MR) is 123 cm³/mol. The van der Waals surface area contributed by atoms with Crippen LogP contribution in [0.2, 0.25) is 0 Å². The molecule has 2 atom stereocenters. The molecule has 0 aliphatic carbocycles. The van der Waals surface area contributed by atoms with Gasteiger partial charge in [0.05, 0.1) is 11.6 Å². The summed E-state index contributed by atoms with van der Waals surface area (Å²) in [7, 11) is 0. The first-order chi connectivity index (χ1) is 15.5. The summed E-state index contributed by atoms with van der Waals surface area (Å²) in [5.74, 6) is -1.08. The Balaban J connectivity index is 1.71. The van der Waals surface area contributed by atoms with Gasteiger partial charge < -0.3 is 22.1 Å². The third-order valence-corrected chi connectivity index (χ3v) is 5.19. The van der Waals surface area contributed by atoms with Crippen LogP contribution in [0.1, 0.15) is 24.8 Å². The minimum atomic E-state index is -0.805. The van der Waals surface area contributed by atoms with E-state index in [0.29, 0.717) is 37.9 Å². The molecule has 0 saturated carbocycles. The van der Waals surface area contributed by atoms with Gasteiger partial charge in [-0.3, -0.25) is 14.6 Å². The number of rotatable bonds is 10. The van der Waals surface area contributed by atoms with Crippen molar-refractivity contribution in [3.63, 3.8) is 0 Å². The lowest BCUT2D eigenvalue weighted by atomic mass is 10.0. The van der Waals surface area contributed by atoms with Crippen LogP contribution >= 0.6 is 0 Å². The molecule has 168 valence electrons. The average molecular weight is 438 g/mol.